The summed E-state index contributed by atoms with van der Waals surface area (Å²) in [5, 5.41) is 2.75. The van der Waals surface area contributed by atoms with Gasteiger partial charge < -0.3 is 15.8 Å². The highest BCUT2D eigenvalue weighted by Gasteiger charge is 2.14. The molecule has 0 aliphatic carbocycles. The van der Waals surface area contributed by atoms with E-state index in [-0.39, 0.29) is 12.6 Å². The average molecular weight is 236 g/mol. The van der Waals surface area contributed by atoms with Crippen molar-refractivity contribution < 1.29 is 9.53 Å². The van der Waals surface area contributed by atoms with Crippen LogP contribution in [0.25, 0.3) is 0 Å². The molecule has 0 radical (unpaired) electrons. The minimum atomic E-state index is -0.419. The maximum atomic E-state index is 11.5. The monoisotopic (exact) mass is 236 g/mol. The summed E-state index contributed by atoms with van der Waals surface area (Å²) in [5.74, 6) is 0.296. The van der Waals surface area contributed by atoms with Gasteiger partial charge in [0.15, 0.2) is 0 Å². The number of benzene rings is 1. The first-order valence-corrected chi connectivity index (χ1v) is 5.80. The van der Waals surface area contributed by atoms with Gasteiger partial charge in [0.25, 0.3) is 0 Å². The first-order chi connectivity index (χ1) is 8.13. The zero-order valence-corrected chi connectivity index (χ0v) is 10.3. The van der Waals surface area contributed by atoms with Crippen molar-refractivity contribution in [3.05, 3.63) is 35.9 Å². The van der Waals surface area contributed by atoms with Gasteiger partial charge in [-0.05, 0) is 11.5 Å². The van der Waals surface area contributed by atoms with Crippen LogP contribution < -0.4 is 11.1 Å². The molecule has 0 spiro atoms. The number of hydrogen-bond acceptors (Lipinski definition) is 3. The number of nitrogens with two attached hydrogens (primary N) is 1. The summed E-state index contributed by atoms with van der Waals surface area (Å²) in [6.07, 6.45) is -0.419. The highest BCUT2D eigenvalue weighted by molar-refractivity contribution is 5.67. The fourth-order valence-electron chi connectivity index (χ4n) is 1.41. The fraction of sp³-hybridized carbons (Fsp3) is 0.462. The molecule has 0 aliphatic heterocycles. The van der Waals surface area contributed by atoms with Gasteiger partial charge in [-0.1, -0.05) is 44.2 Å². The van der Waals surface area contributed by atoms with Crippen LogP contribution in [0.15, 0.2) is 30.3 Å². The van der Waals surface area contributed by atoms with Crippen LogP contribution in [0.3, 0.4) is 0 Å². The number of hydrogen-bond donors (Lipinski definition) is 2. The van der Waals surface area contributed by atoms with Crippen LogP contribution in [0.5, 0.6) is 0 Å². The second-order valence-electron chi connectivity index (χ2n) is 4.29. The summed E-state index contributed by atoms with van der Waals surface area (Å²) < 4.78 is 5.10. The van der Waals surface area contributed by atoms with E-state index in [0.29, 0.717) is 12.5 Å². The molecule has 4 heteroatoms. The average Bonchev–Trinajstić information content (AvgIpc) is 2.34. The van der Waals surface area contributed by atoms with Crippen LogP contribution in [0.1, 0.15) is 19.4 Å². The first kappa shape index (κ1) is 13.5. The molecule has 0 saturated heterocycles. The number of carbonyl (C=O) groups excluding carboxylic acids is 1. The molecule has 0 aliphatic rings. The molecule has 4 nitrogen and oxygen atoms in total. The zero-order valence-electron chi connectivity index (χ0n) is 10.3. The molecule has 1 aromatic carbocycles. The number of rotatable bonds is 5. The van der Waals surface area contributed by atoms with E-state index in [9.17, 15) is 4.79 Å². The Kier molecular flexibility index (Phi) is 5.49. The van der Waals surface area contributed by atoms with Crippen LogP contribution >= 0.6 is 0 Å². The van der Waals surface area contributed by atoms with Crippen molar-refractivity contribution in [3.63, 3.8) is 0 Å². The van der Waals surface area contributed by atoms with Crippen molar-refractivity contribution in [1.82, 2.24) is 5.32 Å². The van der Waals surface area contributed by atoms with E-state index in [2.05, 4.69) is 5.32 Å². The molecule has 94 valence electrons. The van der Waals surface area contributed by atoms with E-state index >= 15 is 0 Å². The number of carbonyl (C=O) groups is 1. The summed E-state index contributed by atoms with van der Waals surface area (Å²) in [4.78, 5) is 11.5. The molecule has 1 amide bonds. The van der Waals surface area contributed by atoms with Gasteiger partial charge in [-0.25, -0.2) is 4.79 Å². The highest BCUT2D eigenvalue weighted by Crippen LogP contribution is 2.03. The van der Waals surface area contributed by atoms with E-state index in [0.717, 1.165) is 5.56 Å². The third-order valence-electron chi connectivity index (χ3n) is 2.57. The highest BCUT2D eigenvalue weighted by atomic mass is 16.5. The van der Waals surface area contributed by atoms with E-state index in [1.807, 2.05) is 44.2 Å². The molecule has 1 atom stereocenters. The molecule has 1 aromatic rings. The molecule has 3 N–H and O–H groups in total. The third-order valence-corrected chi connectivity index (χ3v) is 2.57. The minimum Gasteiger partial charge on any atom is -0.445 e. The predicted molar refractivity (Wildman–Crippen MR) is 67.4 cm³/mol. The van der Waals surface area contributed by atoms with Crippen LogP contribution in [0.4, 0.5) is 4.79 Å². The topological polar surface area (TPSA) is 64.3 Å². The van der Waals surface area contributed by atoms with Gasteiger partial charge in [0.1, 0.15) is 6.61 Å². The van der Waals surface area contributed by atoms with Crippen LogP contribution in [0.2, 0.25) is 0 Å². The second-order valence-corrected chi connectivity index (χ2v) is 4.29. The maximum Gasteiger partial charge on any atom is 0.407 e. The Morgan fingerprint density at radius 3 is 2.53 bits per heavy atom. The third kappa shape index (κ3) is 4.87. The smallest absolute Gasteiger partial charge is 0.407 e. The largest absolute Gasteiger partial charge is 0.445 e. The zero-order chi connectivity index (χ0) is 12.7. The number of nitrogens with one attached hydrogen (secondary N) is 1. The molecular weight excluding hydrogens is 216 g/mol. The van der Waals surface area contributed by atoms with Crippen molar-refractivity contribution >= 4 is 6.09 Å². The van der Waals surface area contributed by atoms with E-state index in [1.165, 1.54) is 0 Å². The van der Waals surface area contributed by atoms with Crippen LogP contribution in [-0.4, -0.2) is 18.7 Å². The number of alkyl carbamates (subject to hydrolysis) is 1. The second kappa shape index (κ2) is 6.91. The lowest BCUT2D eigenvalue weighted by Gasteiger charge is -2.20. The summed E-state index contributed by atoms with van der Waals surface area (Å²) in [7, 11) is 0. The quantitative estimate of drug-likeness (QED) is 0.820. The van der Waals surface area contributed by atoms with E-state index in [4.69, 9.17) is 10.5 Å². The van der Waals surface area contributed by atoms with Gasteiger partial charge in [-0.15, -0.1) is 0 Å². The Bertz CT molecular complexity index is 339. The Morgan fingerprint density at radius 2 is 2.00 bits per heavy atom. The Morgan fingerprint density at radius 1 is 1.35 bits per heavy atom. The summed E-state index contributed by atoms with van der Waals surface area (Å²) >= 11 is 0. The lowest BCUT2D eigenvalue weighted by Crippen LogP contribution is -2.43. The fourth-order valence-corrected chi connectivity index (χ4v) is 1.41. The lowest BCUT2D eigenvalue weighted by molar-refractivity contribution is 0.133. The molecule has 17 heavy (non-hydrogen) atoms. The van der Waals surface area contributed by atoms with Gasteiger partial charge in [0.05, 0.1) is 0 Å². The standard InChI is InChI=1S/C13H20N2O2/c1-10(2)12(8-14)15-13(16)17-9-11-6-4-3-5-7-11/h3-7,10,12H,8-9,14H2,1-2H3,(H,15,16). The van der Waals surface area contributed by atoms with Gasteiger partial charge in [0, 0.05) is 12.6 Å². The van der Waals surface area contributed by atoms with Gasteiger partial charge in [-0.2, -0.15) is 0 Å². The molecule has 0 aromatic heterocycles. The normalized spacial score (nSPS) is 12.2. The molecule has 1 unspecified atom stereocenters. The summed E-state index contributed by atoms with van der Waals surface area (Å²) in [5.41, 5.74) is 6.53. The SMILES string of the molecule is CC(C)C(CN)NC(=O)OCc1ccccc1. The van der Waals surface area contributed by atoms with E-state index in [1.54, 1.807) is 0 Å². The van der Waals surface area contributed by atoms with Crippen molar-refractivity contribution in [2.45, 2.75) is 26.5 Å². The number of ether oxygens (including phenoxy) is 1. The number of amides is 1. The van der Waals surface area contributed by atoms with Crippen molar-refractivity contribution in [2.75, 3.05) is 6.54 Å². The van der Waals surface area contributed by atoms with Crippen LogP contribution in [0, 0.1) is 5.92 Å². The molecule has 0 saturated carbocycles. The maximum absolute atomic E-state index is 11.5. The Labute approximate surface area is 102 Å². The first-order valence-electron chi connectivity index (χ1n) is 5.80. The van der Waals surface area contributed by atoms with Crippen molar-refractivity contribution in [2.24, 2.45) is 11.7 Å². The van der Waals surface area contributed by atoms with E-state index < -0.39 is 6.09 Å². The van der Waals surface area contributed by atoms with Crippen molar-refractivity contribution in [3.8, 4) is 0 Å². The van der Waals surface area contributed by atoms with Gasteiger partial charge in [-0.3, -0.25) is 0 Å². The molecule has 0 fully saturated rings. The summed E-state index contributed by atoms with van der Waals surface area (Å²) in [6.45, 7) is 4.71. The molecule has 0 heterocycles. The van der Waals surface area contributed by atoms with Crippen LogP contribution in [-0.2, 0) is 11.3 Å². The Balaban J connectivity index is 2.35. The minimum absolute atomic E-state index is 0.0433. The molecule has 0 bridgehead atoms. The van der Waals surface area contributed by atoms with Crippen molar-refractivity contribution in [1.29, 1.82) is 0 Å². The molecule has 1 rings (SSSR count). The van der Waals surface area contributed by atoms with Gasteiger partial charge >= 0.3 is 6.09 Å². The summed E-state index contributed by atoms with van der Waals surface area (Å²) in [6, 6.07) is 9.53. The predicted octanol–water partition coefficient (Wildman–Crippen LogP) is 1.90. The lowest BCUT2D eigenvalue weighted by atomic mass is 10.1. The molecular formula is C13H20N2O2. The Hall–Kier alpha value is -1.55. The van der Waals surface area contributed by atoms with Gasteiger partial charge in [0.2, 0.25) is 0 Å².